The molecule has 0 spiro atoms. The maximum atomic E-state index is 6.12. The van der Waals surface area contributed by atoms with Crippen LogP contribution >= 0.6 is 11.6 Å². The van der Waals surface area contributed by atoms with Crippen LogP contribution in [-0.4, -0.2) is 18.5 Å². The molecule has 0 aromatic heterocycles. The van der Waals surface area contributed by atoms with Crippen LogP contribution in [0.3, 0.4) is 0 Å². The quantitative estimate of drug-likeness (QED) is 0.582. The minimum absolute atomic E-state index is 0.586. The van der Waals surface area contributed by atoms with Crippen LogP contribution in [0.15, 0.2) is 48.5 Å². The Kier molecular flexibility index (Phi) is 4.88. The molecule has 0 N–H and O–H groups in total. The first-order valence-corrected chi connectivity index (χ1v) is 10.3. The Morgan fingerprint density at radius 1 is 1.04 bits per heavy atom. The zero-order chi connectivity index (χ0) is 18.3. The van der Waals surface area contributed by atoms with Crippen molar-refractivity contribution in [1.29, 1.82) is 0 Å². The van der Waals surface area contributed by atoms with Gasteiger partial charge in [0.05, 0.1) is 0 Å². The molecule has 2 aromatic carbocycles. The Bertz CT molecular complexity index is 762. The van der Waals surface area contributed by atoms with Crippen molar-refractivity contribution in [2.75, 3.05) is 13.6 Å². The van der Waals surface area contributed by atoms with Gasteiger partial charge in [-0.05, 0) is 78.3 Å². The molecule has 1 nitrogen and oxygen atoms in total. The van der Waals surface area contributed by atoms with E-state index < -0.39 is 0 Å². The van der Waals surface area contributed by atoms with Crippen molar-refractivity contribution >= 4 is 11.6 Å². The molecule has 3 atom stereocenters. The molecule has 2 heteroatoms. The van der Waals surface area contributed by atoms with Gasteiger partial charge in [-0.15, -0.1) is 0 Å². The Hall–Kier alpha value is -1.31. The lowest BCUT2D eigenvalue weighted by Gasteiger charge is -2.60. The molecule has 2 aromatic rings. The molecule has 3 fully saturated rings. The molecular formula is C24H30ClN. The highest BCUT2D eigenvalue weighted by Gasteiger charge is 2.53. The average molecular weight is 368 g/mol. The van der Waals surface area contributed by atoms with Crippen LogP contribution < -0.4 is 0 Å². The van der Waals surface area contributed by atoms with E-state index in [0.717, 1.165) is 29.3 Å². The Morgan fingerprint density at radius 3 is 2.46 bits per heavy atom. The average Bonchev–Trinajstić information content (AvgIpc) is 2.62. The molecule has 138 valence electrons. The zero-order valence-corrected chi connectivity index (χ0v) is 17.0. The maximum absolute atomic E-state index is 6.12. The number of benzene rings is 2. The van der Waals surface area contributed by atoms with Crippen LogP contribution in [-0.2, 0) is 6.54 Å². The summed E-state index contributed by atoms with van der Waals surface area (Å²) in [5.41, 5.74) is 4.39. The summed E-state index contributed by atoms with van der Waals surface area (Å²) in [7, 11) is 2.28. The van der Waals surface area contributed by atoms with Crippen LogP contribution in [0.5, 0.6) is 0 Å². The first kappa shape index (κ1) is 18.1. The number of rotatable bonds is 5. The van der Waals surface area contributed by atoms with E-state index in [4.69, 9.17) is 11.6 Å². The molecule has 3 aliphatic carbocycles. The van der Waals surface area contributed by atoms with Gasteiger partial charge in [-0.2, -0.15) is 0 Å². The second-order valence-electron chi connectivity index (χ2n) is 9.10. The summed E-state index contributed by atoms with van der Waals surface area (Å²) in [5, 5.41) is 0.792. The molecule has 0 radical (unpaired) electrons. The monoisotopic (exact) mass is 367 g/mol. The molecule has 0 heterocycles. The van der Waals surface area contributed by atoms with E-state index in [9.17, 15) is 0 Å². The molecule has 3 aliphatic rings. The molecule has 0 amide bonds. The number of hydrogen-bond donors (Lipinski definition) is 0. The fraction of sp³-hybridized carbons (Fsp3) is 0.500. The third-order valence-electron chi connectivity index (χ3n) is 7.11. The predicted octanol–water partition coefficient (Wildman–Crippen LogP) is 6.51. The van der Waals surface area contributed by atoms with E-state index in [1.807, 2.05) is 18.2 Å². The summed E-state index contributed by atoms with van der Waals surface area (Å²) in [4.78, 5) is 2.52. The van der Waals surface area contributed by atoms with Crippen molar-refractivity contribution in [3.8, 4) is 11.1 Å². The summed E-state index contributed by atoms with van der Waals surface area (Å²) in [5.74, 6) is 2.81. The maximum Gasteiger partial charge on any atom is 0.0412 e. The third-order valence-corrected chi connectivity index (χ3v) is 7.35. The van der Waals surface area contributed by atoms with Gasteiger partial charge in [-0.3, -0.25) is 0 Å². The number of hydrogen-bond acceptors (Lipinski definition) is 1. The predicted molar refractivity (Wildman–Crippen MR) is 111 cm³/mol. The molecule has 0 saturated heterocycles. The minimum Gasteiger partial charge on any atom is -0.302 e. The first-order chi connectivity index (χ1) is 12.4. The molecule has 26 heavy (non-hydrogen) atoms. The van der Waals surface area contributed by atoms with Crippen molar-refractivity contribution in [2.24, 2.45) is 23.2 Å². The summed E-state index contributed by atoms with van der Waals surface area (Å²) in [6.45, 7) is 7.25. The van der Waals surface area contributed by atoms with Gasteiger partial charge in [0, 0.05) is 18.1 Å². The lowest BCUT2D eigenvalue weighted by atomic mass is 9.45. The SMILES string of the molecule is CN(Cc1ccc(-c2cccc(Cl)c2)cc1)C[C@@H]1CC[C@H]2C[C@@H]1C2(C)C. The van der Waals surface area contributed by atoms with Crippen LogP contribution in [0.2, 0.25) is 5.02 Å². The Balaban J connectivity index is 1.37. The molecular weight excluding hydrogens is 338 g/mol. The largest absolute Gasteiger partial charge is 0.302 e. The van der Waals surface area contributed by atoms with Gasteiger partial charge in [0.25, 0.3) is 0 Å². The highest BCUT2D eigenvalue weighted by molar-refractivity contribution is 6.30. The van der Waals surface area contributed by atoms with Crippen molar-refractivity contribution in [3.05, 3.63) is 59.1 Å². The lowest BCUT2D eigenvalue weighted by Crippen LogP contribution is -2.54. The summed E-state index contributed by atoms with van der Waals surface area (Å²) in [6.07, 6.45) is 4.34. The smallest absolute Gasteiger partial charge is 0.0412 e. The van der Waals surface area contributed by atoms with E-state index in [2.05, 4.69) is 56.1 Å². The van der Waals surface area contributed by atoms with Crippen molar-refractivity contribution in [3.63, 3.8) is 0 Å². The van der Waals surface area contributed by atoms with Gasteiger partial charge in [-0.1, -0.05) is 61.8 Å². The molecule has 2 bridgehead atoms. The third kappa shape index (κ3) is 3.44. The van der Waals surface area contributed by atoms with E-state index >= 15 is 0 Å². The Morgan fingerprint density at radius 2 is 1.81 bits per heavy atom. The van der Waals surface area contributed by atoms with Gasteiger partial charge in [0.1, 0.15) is 0 Å². The van der Waals surface area contributed by atoms with Crippen LogP contribution in [0.1, 0.15) is 38.7 Å². The van der Waals surface area contributed by atoms with E-state index in [1.165, 1.54) is 42.5 Å². The van der Waals surface area contributed by atoms with Crippen LogP contribution in [0.25, 0.3) is 11.1 Å². The second-order valence-corrected chi connectivity index (χ2v) is 9.54. The zero-order valence-electron chi connectivity index (χ0n) is 16.2. The highest BCUT2D eigenvalue weighted by Crippen LogP contribution is 2.61. The molecule has 3 saturated carbocycles. The van der Waals surface area contributed by atoms with Crippen LogP contribution in [0, 0.1) is 23.2 Å². The Labute approximate surface area is 163 Å². The summed E-state index contributed by atoms with van der Waals surface area (Å²) in [6, 6.07) is 17.0. The molecule has 0 aliphatic heterocycles. The van der Waals surface area contributed by atoms with Gasteiger partial charge < -0.3 is 4.90 Å². The highest BCUT2D eigenvalue weighted by atomic mass is 35.5. The topological polar surface area (TPSA) is 3.24 Å². The van der Waals surface area contributed by atoms with E-state index in [0.29, 0.717) is 5.41 Å². The van der Waals surface area contributed by atoms with Crippen molar-refractivity contribution < 1.29 is 0 Å². The fourth-order valence-electron chi connectivity index (χ4n) is 5.43. The standard InChI is InChI=1S/C24H30ClN/c1-24(2)21-12-11-20(23(24)14-21)16-26(3)15-17-7-9-18(10-8-17)19-5-4-6-22(25)13-19/h4-10,13,20-21,23H,11-12,14-16H2,1-3H3/t20-,21-,23-/m0/s1. The molecule has 0 unspecified atom stereocenters. The fourth-order valence-corrected chi connectivity index (χ4v) is 5.62. The van der Waals surface area contributed by atoms with E-state index in [-0.39, 0.29) is 0 Å². The van der Waals surface area contributed by atoms with Crippen molar-refractivity contribution in [2.45, 2.75) is 39.7 Å². The summed E-state index contributed by atoms with van der Waals surface area (Å²) < 4.78 is 0. The van der Waals surface area contributed by atoms with Gasteiger partial charge in [-0.25, -0.2) is 0 Å². The number of nitrogens with zero attached hydrogens (tertiary/aromatic N) is 1. The lowest BCUT2D eigenvalue weighted by molar-refractivity contribution is -0.110. The summed E-state index contributed by atoms with van der Waals surface area (Å²) >= 11 is 6.12. The van der Waals surface area contributed by atoms with Crippen LogP contribution in [0.4, 0.5) is 0 Å². The minimum atomic E-state index is 0.586. The van der Waals surface area contributed by atoms with Crippen molar-refractivity contribution in [1.82, 2.24) is 4.90 Å². The van der Waals surface area contributed by atoms with Gasteiger partial charge >= 0.3 is 0 Å². The first-order valence-electron chi connectivity index (χ1n) is 9.97. The number of fused-ring (bicyclic) bond motifs is 2. The van der Waals surface area contributed by atoms with Gasteiger partial charge in [0.15, 0.2) is 0 Å². The second kappa shape index (κ2) is 7.02. The van der Waals surface area contributed by atoms with Gasteiger partial charge in [0.2, 0.25) is 0 Å². The van der Waals surface area contributed by atoms with E-state index in [1.54, 1.807) is 0 Å². The molecule has 5 rings (SSSR count). The normalized spacial score (nSPS) is 26.6. The number of halogens is 1.